The zero-order valence-corrected chi connectivity index (χ0v) is 21.4. The zero-order chi connectivity index (χ0) is 25.1. The molecule has 188 valence electrons. The molecule has 4 aromatic rings. The molecule has 0 saturated heterocycles. The van der Waals surface area contributed by atoms with Crippen LogP contribution in [0.25, 0.3) is 10.9 Å². The molecule has 1 aliphatic rings. The van der Waals surface area contributed by atoms with Gasteiger partial charge >= 0.3 is 0 Å². The van der Waals surface area contributed by atoms with Crippen LogP contribution in [-0.4, -0.2) is 40.3 Å². The second-order valence-electron chi connectivity index (χ2n) is 8.68. The van der Waals surface area contributed by atoms with Crippen LogP contribution in [0.2, 0.25) is 10.0 Å². The molecule has 5 rings (SSSR count). The molecule has 2 heterocycles. The Kier molecular flexibility index (Phi) is 7.41. The number of methoxy groups -OCH3 is 1. The number of rotatable bonds is 8. The van der Waals surface area contributed by atoms with Crippen molar-refractivity contribution in [1.82, 2.24) is 25.4 Å². The van der Waals surface area contributed by atoms with Gasteiger partial charge in [-0.15, -0.1) is 0 Å². The quantitative estimate of drug-likeness (QED) is 0.289. The second-order valence-corrected chi connectivity index (χ2v) is 9.50. The smallest absolute Gasteiger partial charge is 0.229 e. The van der Waals surface area contributed by atoms with E-state index in [1.807, 2.05) is 19.2 Å². The maximum Gasteiger partial charge on any atom is 0.229 e. The number of ether oxygens (including phenoxy) is 2. The van der Waals surface area contributed by atoms with Crippen molar-refractivity contribution in [2.24, 2.45) is 0 Å². The fraction of sp³-hybridized carbons (Fsp3) is 0.360. The third-order valence-electron chi connectivity index (χ3n) is 6.38. The van der Waals surface area contributed by atoms with Crippen molar-refractivity contribution in [3.05, 3.63) is 58.4 Å². The second kappa shape index (κ2) is 10.9. The molecule has 2 N–H and O–H groups in total. The molecule has 9 nitrogen and oxygen atoms in total. The lowest BCUT2D eigenvalue weighted by Gasteiger charge is -2.26. The maximum absolute atomic E-state index is 6.15. The first-order valence-electron chi connectivity index (χ1n) is 11.7. The normalized spacial score (nSPS) is 17.8. The molecule has 0 aliphatic heterocycles. The highest BCUT2D eigenvalue weighted by atomic mass is 35.5. The van der Waals surface area contributed by atoms with E-state index in [2.05, 4.69) is 30.7 Å². The minimum atomic E-state index is 0.146. The summed E-state index contributed by atoms with van der Waals surface area (Å²) >= 11 is 12.2. The molecule has 11 heteroatoms. The van der Waals surface area contributed by atoms with Crippen LogP contribution in [0.5, 0.6) is 11.5 Å². The number of halogens is 2. The Morgan fingerprint density at radius 2 is 1.97 bits per heavy atom. The fourth-order valence-corrected chi connectivity index (χ4v) is 4.76. The van der Waals surface area contributed by atoms with Crippen LogP contribution in [0.15, 0.2) is 41.2 Å². The number of anilines is 2. The molecule has 1 aliphatic carbocycles. The van der Waals surface area contributed by atoms with Crippen LogP contribution in [0, 0.1) is 0 Å². The van der Waals surface area contributed by atoms with E-state index in [-0.39, 0.29) is 12.5 Å². The highest BCUT2D eigenvalue weighted by Gasteiger charge is 2.26. The summed E-state index contributed by atoms with van der Waals surface area (Å²) in [5, 5.41) is 12.4. The Labute approximate surface area is 218 Å². The van der Waals surface area contributed by atoms with Gasteiger partial charge in [0.1, 0.15) is 12.1 Å². The third kappa shape index (κ3) is 5.33. The first kappa shape index (κ1) is 24.5. The van der Waals surface area contributed by atoms with Crippen molar-refractivity contribution in [1.29, 1.82) is 0 Å². The summed E-state index contributed by atoms with van der Waals surface area (Å²) in [6.45, 7) is 0.146. The molecule has 36 heavy (non-hydrogen) atoms. The molecular formula is C25H26Cl2N6O3. The van der Waals surface area contributed by atoms with Gasteiger partial charge in [0.2, 0.25) is 11.7 Å². The Morgan fingerprint density at radius 3 is 2.78 bits per heavy atom. The van der Waals surface area contributed by atoms with E-state index in [4.69, 9.17) is 37.2 Å². The zero-order valence-electron chi connectivity index (χ0n) is 19.9. The predicted molar refractivity (Wildman–Crippen MR) is 139 cm³/mol. The van der Waals surface area contributed by atoms with Crippen molar-refractivity contribution < 1.29 is 14.0 Å². The topological polar surface area (TPSA) is 107 Å². The number of nitrogens with zero attached hydrogens (tertiary/aromatic N) is 4. The van der Waals surface area contributed by atoms with Gasteiger partial charge in [-0.25, -0.2) is 9.97 Å². The Morgan fingerprint density at radius 1 is 1.08 bits per heavy atom. The largest absolute Gasteiger partial charge is 0.493 e. The molecule has 0 radical (unpaired) electrons. The molecule has 1 fully saturated rings. The average molecular weight is 529 g/mol. The Balaban J connectivity index is 1.33. The highest BCUT2D eigenvalue weighted by molar-refractivity contribution is 6.42. The van der Waals surface area contributed by atoms with Crippen LogP contribution in [-0.2, 0) is 6.61 Å². The van der Waals surface area contributed by atoms with Crippen molar-refractivity contribution >= 4 is 45.6 Å². The van der Waals surface area contributed by atoms with Gasteiger partial charge in [-0.2, -0.15) is 4.98 Å². The molecule has 2 aromatic heterocycles. The van der Waals surface area contributed by atoms with E-state index in [1.165, 1.54) is 12.7 Å². The van der Waals surface area contributed by atoms with Crippen LogP contribution in [0.1, 0.15) is 43.3 Å². The van der Waals surface area contributed by atoms with Crippen LogP contribution < -0.4 is 20.1 Å². The van der Waals surface area contributed by atoms with Crippen molar-refractivity contribution in [2.45, 2.75) is 44.2 Å². The van der Waals surface area contributed by atoms with E-state index < -0.39 is 0 Å². The number of fused-ring (bicyclic) bond motifs is 1. The molecule has 2 unspecified atom stereocenters. The van der Waals surface area contributed by atoms with E-state index in [0.717, 1.165) is 30.3 Å². The standard InChI is InChI=1S/C25H26Cl2N6O3/c1-28-15-5-3-4-14(8-15)25-32-23(33-36-25)12-35-22-11-20-17(10-21(22)34-2)24(30-13-29-20)31-16-6-7-18(26)19(27)9-16/h6-7,9-11,13-15,28H,3-5,8,12H2,1-2H3,(H,29,30,31). The first-order chi connectivity index (χ1) is 17.5. The van der Waals surface area contributed by atoms with Crippen LogP contribution in [0.3, 0.4) is 0 Å². The number of aromatic nitrogens is 4. The predicted octanol–water partition coefficient (Wildman–Crippen LogP) is 5.90. The molecule has 0 spiro atoms. The van der Waals surface area contributed by atoms with E-state index in [0.29, 0.717) is 50.6 Å². The highest BCUT2D eigenvalue weighted by Crippen LogP contribution is 2.36. The Bertz CT molecular complexity index is 1370. The molecule has 1 saturated carbocycles. The Hall–Kier alpha value is -3.14. The molecule has 0 amide bonds. The average Bonchev–Trinajstić information content (AvgIpc) is 3.38. The third-order valence-corrected chi connectivity index (χ3v) is 7.11. The van der Waals surface area contributed by atoms with Gasteiger partial charge in [0, 0.05) is 29.1 Å². The van der Waals surface area contributed by atoms with E-state index in [9.17, 15) is 0 Å². The van der Waals surface area contributed by atoms with Gasteiger partial charge in [0.25, 0.3) is 0 Å². The van der Waals surface area contributed by atoms with Gasteiger partial charge in [0.15, 0.2) is 18.1 Å². The summed E-state index contributed by atoms with van der Waals surface area (Å²) < 4.78 is 17.2. The summed E-state index contributed by atoms with van der Waals surface area (Å²) in [4.78, 5) is 13.4. The SMILES string of the molecule is CNC1CCCC(c2nc(COc3cc4ncnc(Nc5ccc(Cl)c(Cl)c5)c4cc3OC)no2)C1. The van der Waals surface area contributed by atoms with Crippen molar-refractivity contribution in [3.8, 4) is 11.5 Å². The number of hydrogen-bond acceptors (Lipinski definition) is 9. The van der Waals surface area contributed by atoms with E-state index >= 15 is 0 Å². The van der Waals surface area contributed by atoms with Crippen molar-refractivity contribution in [3.63, 3.8) is 0 Å². The fourth-order valence-electron chi connectivity index (χ4n) is 4.46. The van der Waals surface area contributed by atoms with Gasteiger partial charge < -0.3 is 24.6 Å². The summed E-state index contributed by atoms with van der Waals surface area (Å²) in [6, 6.07) is 9.39. The molecular weight excluding hydrogens is 503 g/mol. The lowest BCUT2D eigenvalue weighted by Crippen LogP contribution is -2.30. The minimum Gasteiger partial charge on any atom is -0.493 e. The minimum absolute atomic E-state index is 0.146. The number of benzene rings is 2. The monoisotopic (exact) mass is 528 g/mol. The lowest BCUT2D eigenvalue weighted by atomic mass is 9.86. The van der Waals surface area contributed by atoms with Gasteiger partial charge in [-0.05, 0) is 50.6 Å². The van der Waals surface area contributed by atoms with Gasteiger partial charge in [-0.3, -0.25) is 0 Å². The number of hydrogen-bond donors (Lipinski definition) is 2. The van der Waals surface area contributed by atoms with Crippen LogP contribution >= 0.6 is 23.2 Å². The number of nitrogens with one attached hydrogen (secondary N) is 2. The molecule has 2 aromatic carbocycles. The van der Waals surface area contributed by atoms with Crippen LogP contribution in [0.4, 0.5) is 11.5 Å². The first-order valence-corrected chi connectivity index (χ1v) is 12.5. The van der Waals surface area contributed by atoms with Crippen molar-refractivity contribution in [2.75, 3.05) is 19.5 Å². The molecule has 2 atom stereocenters. The maximum atomic E-state index is 6.15. The van der Waals surface area contributed by atoms with E-state index in [1.54, 1.807) is 25.3 Å². The summed E-state index contributed by atoms with van der Waals surface area (Å²) in [6.07, 6.45) is 5.84. The molecule has 0 bridgehead atoms. The summed E-state index contributed by atoms with van der Waals surface area (Å²) in [5.74, 6) is 3.07. The van der Waals surface area contributed by atoms with Gasteiger partial charge in [-0.1, -0.05) is 34.8 Å². The lowest BCUT2D eigenvalue weighted by molar-refractivity contribution is 0.263. The van der Waals surface area contributed by atoms with Gasteiger partial charge in [0.05, 0.1) is 22.7 Å². The summed E-state index contributed by atoms with van der Waals surface area (Å²) in [7, 11) is 3.58. The summed E-state index contributed by atoms with van der Waals surface area (Å²) in [5.41, 5.74) is 1.42.